The second-order valence-electron chi connectivity index (χ2n) is 6.44. The number of rotatable bonds is 7. The molecule has 4 nitrogen and oxygen atoms in total. The van der Waals surface area contributed by atoms with E-state index in [1.54, 1.807) is 18.2 Å². The molecule has 3 aromatic rings. The molecule has 7 heteroatoms. The highest BCUT2D eigenvalue weighted by atomic mass is 35.5. The normalized spacial score (nSPS) is 13.8. The van der Waals surface area contributed by atoms with Crippen LogP contribution >= 0.6 is 23.2 Å². The molecule has 3 aromatic carbocycles. The van der Waals surface area contributed by atoms with E-state index in [1.165, 1.54) is 0 Å². The molecule has 28 heavy (non-hydrogen) atoms. The molecule has 0 spiro atoms. The van der Waals surface area contributed by atoms with Crippen LogP contribution in [0.4, 0.5) is 0 Å². The highest BCUT2D eigenvalue weighted by Crippen LogP contribution is 2.29. The van der Waals surface area contributed by atoms with Gasteiger partial charge in [-0.1, -0.05) is 83.9 Å². The van der Waals surface area contributed by atoms with Gasteiger partial charge < -0.3 is 5.73 Å². The fourth-order valence-corrected chi connectivity index (χ4v) is 4.83. The predicted octanol–water partition coefficient (Wildman–Crippen LogP) is 4.85. The van der Waals surface area contributed by atoms with Gasteiger partial charge in [0.2, 0.25) is 10.0 Å². The highest BCUT2D eigenvalue weighted by Gasteiger charge is 2.27. The monoisotopic (exact) mass is 434 g/mol. The van der Waals surface area contributed by atoms with Crippen LogP contribution < -0.4 is 10.5 Å². The minimum absolute atomic E-state index is 0.294. The van der Waals surface area contributed by atoms with Crippen molar-refractivity contribution in [1.29, 1.82) is 0 Å². The zero-order valence-corrected chi connectivity index (χ0v) is 17.3. The summed E-state index contributed by atoms with van der Waals surface area (Å²) in [4.78, 5) is 0. The van der Waals surface area contributed by atoms with Crippen molar-refractivity contribution in [3.05, 3.63) is 106 Å². The summed E-state index contributed by atoms with van der Waals surface area (Å²) in [5.74, 6) is -0.294. The Morgan fingerprint density at radius 1 is 0.857 bits per heavy atom. The summed E-state index contributed by atoms with van der Waals surface area (Å²) in [6, 6.07) is 22.2. The average molecular weight is 435 g/mol. The van der Waals surface area contributed by atoms with Crippen molar-refractivity contribution >= 4 is 33.2 Å². The van der Waals surface area contributed by atoms with E-state index in [-0.39, 0.29) is 5.75 Å². The van der Waals surface area contributed by atoms with Crippen LogP contribution in [0.15, 0.2) is 78.9 Å². The van der Waals surface area contributed by atoms with E-state index in [1.807, 2.05) is 60.7 Å². The quantitative estimate of drug-likeness (QED) is 0.557. The molecule has 0 aromatic heterocycles. The minimum atomic E-state index is -3.75. The standard InChI is InChI=1S/C21H20Cl2N2O2S/c22-18-11-12-19(23)17(13-18)14-28(26,27)25-21(16-9-5-2-6-10-16)20(24)15-7-3-1-4-8-15/h1-13,20-21,25H,14,24H2. The van der Waals surface area contributed by atoms with Gasteiger partial charge in [-0.05, 0) is 34.9 Å². The number of hydrogen-bond donors (Lipinski definition) is 2. The van der Waals surface area contributed by atoms with Gasteiger partial charge in [0.15, 0.2) is 0 Å². The summed E-state index contributed by atoms with van der Waals surface area (Å²) < 4.78 is 28.6. The lowest BCUT2D eigenvalue weighted by molar-refractivity contribution is 0.503. The molecule has 0 radical (unpaired) electrons. The van der Waals surface area contributed by atoms with Gasteiger partial charge in [0, 0.05) is 10.0 Å². The minimum Gasteiger partial charge on any atom is -0.322 e. The largest absolute Gasteiger partial charge is 0.322 e. The molecule has 0 bridgehead atoms. The van der Waals surface area contributed by atoms with Crippen LogP contribution in [0.25, 0.3) is 0 Å². The third-order valence-corrected chi connectivity index (χ3v) is 6.27. The van der Waals surface area contributed by atoms with E-state index in [0.29, 0.717) is 15.6 Å². The molecule has 2 atom stereocenters. The molecule has 3 N–H and O–H groups in total. The Kier molecular flexibility index (Phi) is 6.75. The number of hydrogen-bond acceptors (Lipinski definition) is 3. The maximum atomic E-state index is 12.9. The molecule has 0 saturated heterocycles. The van der Waals surface area contributed by atoms with Crippen molar-refractivity contribution in [2.45, 2.75) is 17.8 Å². The summed E-state index contributed by atoms with van der Waals surface area (Å²) in [5, 5.41) is 0.772. The van der Waals surface area contributed by atoms with Crippen molar-refractivity contribution in [1.82, 2.24) is 4.72 Å². The zero-order chi connectivity index (χ0) is 20.1. The van der Waals surface area contributed by atoms with Crippen LogP contribution in [0.2, 0.25) is 10.0 Å². The Morgan fingerprint density at radius 2 is 1.43 bits per heavy atom. The van der Waals surface area contributed by atoms with E-state index < -0.39 is 22.1 Å². The van der Waals surface area contributed by atoms with Gasteiger partial charge in [-0.25, -0.2) is 13.1 Å². The number of benzene rings is 3. The summed E-state index contributed by atoms with van der Waals surface area (Å²) in [5.41, 5.74) is 8.49. The lowest BCUT2D eigenvalue weighted by atomic mass is 9.95. The Morgan fingerprint density at radius 3 is 2.04 bits per heavy atom. The Labute approximate surface area is 175 Å². The molecule has 0 fully saturated rings. The van der Waals surface area contributed by atoms with Crippen LogP contribution in [-0.4, -0.2) is 8.42 Å². The van der Waals surface area contributed by atoms with E-state index in [9.17, 15) is 8.42 Å². The first-order valence-corrected chi connectivity index (χ1v) is 11.1. The molecule has 0 amide bonds. The van der Waals surface area contributed by atoms with Gasteiger partial charge in [-0.15, -0.1) is 0 Å². The van der Waals surface area contributed by atoms with Crippen molar-refractivity contribution < 1.29 is 8.42 Å². The lowest BCUT2D eigenvalue weighted by Crippen LogP contribution is -2.36. The molecule has 0 aliphatic rings. The van der Waals surface area contributed by atoms with E-state index in [0.717, 1.165) is 11.1 Å². The molecular weight excluding hydrogens is 415 g/mol. The summed E-state index contributed by atoms with van der Waals surface area (Å²) in [7, 11) is -3.75. The summed E-state index contributed by atoms with van der Waals surface area (Å²) in [6.45, 7) is 0. The average Bonchev–Trinajstić information content (AvgIpc) is 2.69. The Hall–Kier alpha value is -1.89. The maximum absolute atomic E-state index is 12.9. The van der Waals surface area contributed by atoms with Crippen LogP contribution in [0.1, 0.15) is 28.8 Å². The highest BCUT2D eigenvalue weighted by molar-refractivity contribution is 7.88. The first kappa shape index (κ1) is 20.8. The van der Waals surface area contributed by atoms with E-state index in [4.69, 9.17) is 28.9 Å². The second kappa shape index (κ2) is 9.07. The SMILES string of the molecule is NC(c1ccccc1)C(NS(=O)(=O)Cc1cc(Cl)ccc1Cl)c1ccccc1. The van der Waals surface area contributed by atoms with Gasteiger partial charge in [-0.3, -0.25) is 0 Å². The molecule has 0 aliphatic heterocycles. The van der Waals surface area contributed by atoms with Crippen molar-refractivity contribution in [2.75, 3.05) is 0 Å². The molecule has 2 unspecified atom stereocenters. The maximum Gasteiger partial charge on any atom is 0.216 e. The van der Waals surface area contributed by atoms with E-state index >= 15 is 0 Å². The van der Waals surface area contributed by atoms with E-state index in [2.05, 4.69) is 4.72 Å². The third kappa shape index (κ3) is 5.34. The molecule has 146 valence electrons. The summed E-state index contributed by atoms with van der Waals surface area (Å²) >= 11 is 12.1. The molecular formula is C21H20Cl2N2O2S. The number of nitrogens with two attached hydrogens (primary N) is 1. The zero-order valence-electron chi connectivity index (χ0n) is 14.9. The number of nitrogens with one attached hydrogen (secondary N) is 1. The Bertz CT molecular complexity index is 1030. The smallest absolute Gasteiger partial charge is 0.216 e. The van der Waals surface area contributed by atoms with Gasteiger partial charge in [0.25, 0.3) is 0 Å². The molecule has 3 rings (SSSR count). The van der Waals surface area contributed by atoms with Gasteiger partial charge in [0.1, 0.15) is 0 Å². The topological polar surface area (TPSA) is 72.2 Å². The van der Waals surface area contributed by atoms with Crippen LogP contribution in [0.3, 0.4) is 0 Å². The van der Waals surface area contributed by atoms with Crippen LogP contribution in [-0.2, 0) is 15.8 Å². The second-order valence-corrected chi connectivity index (χ2v) is 9.03. The van der Waals surface area contributed by atoms with Gasteiger partial charge in [-0.2, -0.15) is 0 Å². The fourth-order valence-electron chi connectivity index (χ4n) is 2.97. The lowest BCUT2D eigenvalue weighted by Gasteiger charge is -2.26. The molecule has 0 aliphatic carbocycles. The van der Waals surface area contributed by atoms with Crippen molar-refractivity contribution in [2.24, 2.45) is 5.73 Å². The van der Waals surface area contributed by atoms with Gasteiger partial charge >= 0.3 is 0 Å². The van der Waals surface area contributed by atoms with Gasteiger partial charge in [0.05, 0.1) is 17.8 Å². The van der Waals surface area contributed by atoms with Crippen LogP contribution in [0.5, 0.6) is 0 Å². The van der Waals surface area contributed by atoms with Crippen molar-refractivity contribution in [3.63, 3.8) is 0 Å². The first-order valence-electron chi connectivity index (χ1n) is 8.65. The fraction of sp³-hybridized carbons (Fsp3) is 0.143. The van der Waals surface area contributed by atoms with Crippen molar-refractivity contribution in [3.8, 4) is 0 Å². The predicted molar refractivity (Wildman–Crippen MR) is 115 cm³/mol. The summed E-state index contributed by atoms with van der Waals surface area (Å²) in [6.07, 6.45) is 0. The Balaban J connectivity index is 1.91. The number of halogens is 2. The number of sulfonamides is 1. The molecule has 0 heterocycles. The first-order chi connectivity index (χ1) is 13.4. The third-order valence-electron chi connectivity index (χ3n) is 4.36. The van der Waals surface area contributed by atoms with Crippen LogP contribution in [0, 0.1) is 0 Å². The molecule has 0 saturated carbocycles.